The number of carbonyl (C=O) groups excluding carboxylic acids is 2. The summed E-state index contributed by atoms with van der Waals surface area (Å²) >= 11 is 0. The van der Waals surface area contributed by atoms with Crippen LogP contribution in [0.25, 0.3) is 0 Å². The van der Waals surface area contributed by atoms with Gasteiger partial charge >= 0.3 is 11.8 Å². The van der Waals surface area contributed by atoms with Crippen molar-refractivity contribution in [1.29, 1.82) is 0 Å². The fourth-order valence-corrected chi connectivity index (χ4v) is 1.25. The average Bonchev–Trinajstić information content (AvgIpc) is 2.37. The average molecular weight is 235 g/mol. The van der Waals surface area contributed by atoms with Gasteiger partial charge in [0, 0.05) is 31.4 Å². The monoisotopic (exact) mass is 235 g/mol. The van der Waals surface area contributed by atoms with Crippen molar-refractivity contribution in [3.05, 3.63) is 30.1 Å². The SMILES string of the molecule is CCCNC(=O)C(=O)NCCc1ccccn1. The van der Waals surface area contributed by atoms with E-state index in [4.69, 9.17) is 0 Å². The molecular formula is C12H17N3O2. The third-order valence-corrected chi connectivity index (χ3v) is 2.13. The number of nitrogens with one attached hydrogen (secondary N) is 2. The number of amides is 2. The Morgan fingerprint density at radius 3 is 2.47 bits per heavy atom. The summed E-state index contributed by atoms with van der Waals surface area (Å²) in [4.78, 5) is 26.6. The third kappa shape index (κ3) is 5.10. The Morgan fingerprint density at radius 2 is 1.88 bits per heavy atom. The first-order valence-electron chi connectivity index (χ1n) is 5.70. The summed E-state index contributed by atoms with van der Waals surface area (Å²) in [6.45, 7) is 2.86. The molecule has 17 heavy (non-hydrogen) atoms. The summed E-state index contributed by atoms with van der Waals surface area (Å²) < 4.78 is 0. The highest BCUT2D eigenvalue weighted by Crippen LogP contribution is 1.92. The third-order valence-electron chi connectivity index (χ3n) is 2.13. The molecule has 0 radical (unpaired) electrons. The van der Waals surface area contributed by atoms with Crippen LogP contribution in [0, 0.1) is 0 Å². The summed E-state index contributed by atoms with van der Waals surface area (Å²) in [5.74, 6) is -1.16. The van der Waals surface area contributed by atoms with Gasteiger partial charge in [0.25, 0.3) is 0 Å². The van der Waals surface area contributed by atoms with Gasteiger partial charge in [0.15, 0.2) is 0 Å². The minimum Gasteiger partial charge on any atom is -0.348 e. The molecule has 0 aliphatic heterocycles. The first kappa shape index (κ1) is 13.2. The Balaban J connectivity index is 2.22. The zero-order valence-electron chi connectivity index (χ0n) is 9.90. The van der Waals surface area contributed by atoms with Crippen molar-refractivity contribution >= 4 is 11.8 Å². The van der Waals surface area contributed by atoms with Crippen molar-refractivity contribution < 1.29 is 9.59 Å². The van der Waals surface area contributed by atoms with E-state index >= 15 is 0 Å². The molecule has 5 nitrogen and oxygen atoms in total. The molecule has 1 aromatic heterocycles. The minimum absolute atomic E-state index is 0.412. The van der Waals surface area contributed by atoms with Gasteiger partial charge in [0.05, 0.1) is 0 Å². The van der Waals surface area contributed by atoms with Crippen molar-refractivity contribution in [3.8, 4) is 0 Å². The van der Waals surface area contributed by atoms with E-state index in [1.807, 2.05) is 25.1 Å². The molecular weight excluding hydrogens is 218 g/mol. The fraction of sp³-hybridized carbons (Fsp3) is 0.417. The van der Waals surface area contributed by atoms with Crippen molar-refractivity contribution in [2.24, 2.45) is 0 Å². The summed E-state index contributed by atoms with van der Waals surface area (Å²) in [5, 5.41) is 5.06. The van der Waals surface area contributed by atoms with E-state index in [-0.39, 0.29) is 0 Å². The second-order valence-corrected chi connectivity index (χ2v) is 3.58. The second-order valence-electron chi connectivity index (χ2n) is 3.58. The van der Waals surface area contributed by atoms with E-state index in [1.54, 1.807) is 6.20 Å². The van der Waals surface area contributed by atoms with Gasteiger partial charge in [0.1, 0.15) is 0 Å². The van der Waals surface area contributed by atoms with Crippen molar-refractivity contribution in [3.63, 3.8) is 0 Å². The molecule has 0 aliphatic carbocycles. The molecule has 0 unspecified atom stereocenters. The number of pyridine rings is 1. The molecule has 0 bridgehead atoms. The van der Waals surface area contributed by atoms with Gasteiger partial charge < -0.3 is 10.6 Å². The lowest BCUT2D eigenvalue weighted by Crippen LogP contribution is -2.40. The topological polar surface area (TPSA) is 71.1 Å². The molecule has 2 N–H and O–H groups in total. The molecule has 0 fully saturated rings. The number of carbonyl (C=O) groups is 2. The summed E-state index contributed by atoms with van der Waals surface area (Å²) in [7, 11) is 0. The van der Waals surface area contributed by atoms with Crippen LogP contribution in [-0.2, 0) is 16.0 Å². The van der Waals surface area contributed by atoms with Gasteiger partial charge in [-0.15, -0.1) is 0 Å². The van der Waals surface area contributed by atoms with Crippen molar-refractivity contribution in [2.75, 3.05) is 13.1 Å². The molecule has 0 spiro atoms. The molecule has 92 valence electrons. The van der Waals surface area contributed by atoms with Crippen molar-refractivity contribution in [1.82, 2.24) is 15.6 Å². The Bertz CT molecular complexity index is 365. The van der Waals surface area contributed by atoms with E-state index in [1.165, 1.54) is 0 Å². The first-order chi connectivity index (χ1) is 8.24. The number of aromatic nitrogens is 1. The second kappa shape index (κ2) is 7.38. The van der Waals surface area contributed by atoms with Gasteiger partial charge in [-0.3, -0.25) is 14.6 Å². The summed E-state index contributed by atoms with van der Waals surface area (Å²) in [6, 6.07) is 5.60. The Labute approximate surface area is 101 Å². The largest absolute Gasteiger partial charge is 0.348 e. The minimum atomic E-state index is -0.589. The van der Waals surface area contributed by atoms with E-state index in [0.717, 1.165) is 12.1 Å². The predicted octanol–water partition coefficient (Wildman–Crippen LogP) is 0.266. The zero-order valence-corrected chi connectivity index (χ0v) is 9.90. The van der Waals surface area contributed by atoms with E-state index in [9.17, 15) is 9.59 Å². The Kier molecular flexibility index (Phi) is 5.71. The highest BCUT2D eigenvalue weighted by Gasteiger charge is 2.11. The molecule has 0 aromatic carbocycles. The highest BCUT2D eigenvalue weighted by atomic mass is 16.2. The number of hydrogen-bond donors (Lipinski definition) is 2. The molecule has 0 saturated heterocycles. The van der Waals surface area contributed by atoms with Crippen LogP contribution in [0.3, 0.4) is 0 Å². The zero-order chi connectivity index (χ0) is 12.5. The molecule has 1 rings (SSSR count). The van der Waals surface area contributed by atoms with Crippen LogP contribution in [0.1, 0.15) is 19.0 Å². The number of nitrogens with zero attached hydrogens (tertiary/aromatic N) is 1. The van der Waals surface area contributed by atoms with Crippen LogP contribution < -0.4 is 10.6 Å². The first-order valence-corrected chi connectivity index (χ1v) is 5.70. The molecule has 1 heterocycles. The molecule has 0 saturated carbocycles. The smallest absolute Gasteiger partial charge is 0.309 e. The standard InChI is InChI=1S/C12H17N3O2/c1-2-7-14-11(16)12(17)15-9-6-10-5-3-4-8-13-10/h3-5,8H,2,6-7,9H2,1H3,(H,14,16)(H,15,17). The molecule has 0 atom stereocenters. The molecule has 5 heteroatoms. The fourth-order valence-electron chi connectivity index (χ4n) is 1.25. The quantitative estimate of drug-likeness (QED) is 0.719. The van der Waals surface area contributed by atoms with Gasteiger partial charge in [-0.05, 0) is 18.6 Å². The Hall–Kier alpha value is -1.91. The van der Waals surface area contributed by atoms with Crippen molar-refractivity contribution in [2.45, 2.75) is 19.8 Å². The van der Waals surface area contributed by atoms with Gasteiger partial charge in [-0.2, -0.15) is 0 Å². The molecule has 2 amide bonds. The summed E-state index contributed by atoms with van der Waals surface area (Å²) in [5.41, 5.74) is 0.891. The maximum Gasteiger partial charge on any atom is 0.309 e. The predicted molar refractivity (Wildman–Crippen MR) is 64.3 cm³/mol. The van der Waals surface area contributed by atoms with Gasteiger partial charge in [-0.1, -0.05) is 13.0 Å². The lowest BCUT2D eigenvalue weighted by Gasteiger charge is -2.05. The normalized spacial score (nSPS) is 9.71. The van der Waals surface area contributed by atoms with Gasteiger partial charge in [-0.25, -0.2) is 0 Å². The molecule has 1 aromatic rings. The van der Waals surface area contributed by atoms with Crippen LogP contribution >= 0.6 is 0 Å². The van der Waals surface area contributed by atoms with Crippen LogP contribution in [0.4, 0.5) is 0 Å². The maximum atomic E-state index is 11.3. The van der Waals surface area contributed by atoms with Crippen LogP contribution in [0.5, 0.6) is 0 Å². The van der Waals surface area contributed by atoms with Crippen LogP contribution in [-0.4, -0.2) is 29.9 Å². The Morgan fingerprint density at radius 1 is 1.18 bits per heavy atom. The number of rotatable bonds is 5. The lowest BCUT2D eigenvalue weighted by atomic mass is 10.3. The van der Waals surface area contributed by atoms with E-state index < -0.39 is 11.8 Å². The van der Waals surface area contributed by atoms with Crippen LogP contribution in [0.2, 0.25) is 0 Å². The summed E-state index contributed by atoms with van der Waals surface area (Å²) in [6.07, 6.45) is 3.13. The van der Waals surface area contributed by atoms with E-state index in [2.05, 4.69) is 15.6 Å². The highest BCUT2D eigenvalue weighted by molar-refractivity contribution is 6.35. The van der Waals surface area contributed by atoms with E-state index in [0.29, 0.717) is 19.5 Å². The molecule has 0 aliphatic rings. The number of hydrogen-bond acceptors (Lipinski definition) is 3. The maximum absolute atomic E-state index is 11.3. The van der Waals surface area contributed by atoms with Gasteiger partial charge in [0.2, 0.25) is 0 Å². The lowest BCUT2D eigenvalue weighted by molar-refractivity contribution is -0.139. The van der Waals surface area contributed by atoms with Crippen LogP contribution in [0.15, 0.2) is 24.4 Å².